The van der Waals surface area contributed by atoms with Crippen molar-refractivity contribution >= 4 is 5.69 Å². The first kappa shape index (κ1) is 14.0. The summed E-state index contributed by atoms with van der Waals surface area (Å²) < 4.78 is 0. The maximum Gasteiger partial charge on any atom is 0.269 e. The van der Waals surface area contributed by atoms with Crippen LogP contribution >= 0.6 is 0 Å². The van der Waals surface area contributed by atoms with E-state index < -0.39 is 0 Å². The molecule has 19 heavy (non-hydrogen) atoms. The first-order chi connectivity index (χ1) is 9.06. The van der Waals surface area contributed by atoms with Crippen LogP contribution in [0.4, 0.5) is 5.69 Å². The van der Waals surface area contributed by atoms with Gasteiger partial charge < -0.3 is 5.32 Å². The molecule has 1 saturated carbocycles. The second-order valence-corrected chi connectivity index (χ2v) is 5.77. The molecule has 4 nitrogen and oxygen atoms in total. The van der Waals surface area contributed by atoms with Gasteiger partial charge in [-0.3, -0.25) is 10.1 Å². The van der Waals surface area contributed by atoms with Crippen molar-refractivity contribution in [2.45, 2.75) is 45.7 Å². The first-order valence-electron chi connectivity index (χ1n) is 7.03. The summed E-state index contributed by atoms with van der Waals surface area (Å²) in [6, 6.07) is 7.43. The molecule has 0 bridgehead atoms. The van der Waals surface area contributed by atoms with Crippen LogP contribution in [0.15, 0.2) is 24.3 Å². The molecule has 2 rings (SSSR count). The number of nitro groups is 1. The summed E-state index contributed by atoms with van der Waals surface area (Å²) in [7, 11) is 0. The quantitative estimate of drug-likeness (QED) is 0.667. The molecular formula is C15H22N2O2. The largest absolute Gasteiger partial charge is 0.310 e. The number of hydrogen-bond acceptors (Lipinski definition) is 3. The van der Waals surface area contributed by atoms with Gasteiger partial charge in [-0.25, -0.2) is 0 Å². The van der Waals surface area contributed by atoms with E-state index in [1.165, 1.54) is 25.3 Å². The van der Waals surface area contributed by atoms with E-state index >= 15 is 0 Å². The van der Waals surface area contributed by atoms with E-state index in [0.29, 0.717) is 12.6 Å². The number of non-ortho nitro benzene ring substituents is 1. The Hall–Kier alpha value is -1.42. The number of nitrogens with one attached hydrogen (secondary N) is 1. The van der Waals surface area contributed by atoms with Gasteiger partial charge in [0.2, 0.25) is 0 Å². The molecule has 0 radical (unpaired) electrons. The fraction of sp³-hybridized carbons (Fsp3) is 0.600. The zero-order valence-corrected chi connectivity index (χ0v) is 11.6. The summed E-state index contributed by atoms with van der Waals surface area (Å²) in [6.07, 6.45) is 3.68. The van der Waals surface area contributed by atoms with Crippen LogP contribution in [0.25, 0.3) is 0 Å². The monoisotopic (exact) mass is 262 g/mol. The third-order valence-corrected chi connectivity index (χ3v) is 4.31. The van der Waals surface area contributed by atoms with E-state index in [4.69, 9.17) is 0 Å². The smallest absolute Gasteiger partial charge is 0.269 e. The molecule has 1 aromatic carbocycles. The third-order valence-electron chi connectivity index (χ3n) is 4.31. The van der Waals surface area contributed by atoms with Gasteiger partial charge in [-0.05, 0) is 36.7 Å². The molecule has 1 fully saturated rings. The van der Waals surface area contributed by atoms with Crippen molar-refractivity contribution in [1.82, 2.24) is 5.32 Å². The Bertz CT molecular complexity index is 448. The molecule has 1 N–H and O–H groups in total. The van der Waals surface area contributed by atoms with Crippen molar-refractivity contribution in [1.29, 1.82) is 0 Å². The average molecular weight is 262 g/mol. The molecule has 1 aliphatic carbocycles. The van der Waals surface area contributed by atoms with Gasteiger partial charge in [-0.1, -0.05) is 26.0 Å². The first-order valence-corrected chi connectivity index (χ1v) is 7.03. The lowest BCUT2D eigenvalue weighted by atomic mass is 9.79. The maximum atomic E-state index is 10.7. The fourth-order valence-electron chi connectivity index (χ4n) is 2.78. The lowest BCUT2D eigenvalue weighted by Crippen LogP contribution is -2.35. The SMILES string of the molecule is CC1CCC(NCc2cccc([N+](=O)[O-])c2)CC1C. The molecule has 0 heterocycles. The Morgan fingerprint density at radius 3 is 2.79 bits per heavy atom. The van der Waals surface area contributed by atoms with E-state index in [0.717, 1.165) is 17.4 Å². The summed E-state index contributed by atoms with van der Waals surface area (Å²) in [5.41, 5.74) is 1.16. The third kappa shape index (κ3) is 3.77. The van der Waals surface area contributed by atoms with Crippen LogP contribution in [-0.4, -0.2) is 11.0 Å². The maximum absolute atomic E-state index is 10.7. The molecule has 3 unspecified atom stereocenters. The van der Waals surface area contributed by atoms with Gasteiger partial charge >= 0.3 is 0 Å². The predicted molar refractivity (Wildman–Crippen MR) is 75.9 cm³/mol. The van der Waals surface area contributed by atoms with Gasteiger partial charge in [0.05, 0.1) is 4.92 Å². The molecule has 0 spiro atoms. The van der Waals surface area contributed by atoms with Crippen molar-refractivity contribution in [3.63, 3.8) is 0 Å². The summed E-state index contributed by atoms with van der Waals surface area (Å²) >= 11 is 0. The van der Waals surface area contributed by atoms with E-state index in [1.54, 1.807) is 12.1 Å². The zero-order chi connectivity index (χ0) is 13.8. The topological polar surface area (TPSA) is 55.2 Å². The van der Waals surface area contributed by atoms with E-state index in [9.17, 15) is 10.1 Å². The van der Waals surface area contributed by atoms with E-state index in [1.807, 2.05) is 6.07 Å². The minimum Gasteiger partial charge on any atom is -0.310 e. The van der Waals surface area contributed by atoms with Gasteiger partial charge in [0, 0.05) is 24.7 Å². The fourth-order valence-corrected chi connectivity index (χ4v) is 2.78. The molecule has 0 aromatic heterocycles. The second-order valence-electron chi connectivity index (χ2n) is 5.77. The molecule has 1 aliphatic rings. The van der Waals surface area contributed by atoms with Crippen LogP contribution in [0.3, 0.4) is 0 Å². The predicted octanol–water partition coefficient (Wildman–Crippen LogP) is 3.51. The highest BCUT2D eigenvalue weighted by molar-refractivity contribution is 5.34. The molecule has 0 aliphatic heterocycles. The van der Waals surface area contributed by atoms with Crippen LogP contribution in [0.2, 0.25) is 0 Å². The number of nitro benzene ring substituents is 1. The summed E-state index contributed by atoms with van der Waals surface area (Å²) in [4.78, 5) is 10.4. The van der Waals surface area contributed by atoms with Crippen molar-refractivity contribution in [2.24, 2.45) is 11.8 Å². The Morgan fingerprint density at radius 1 is 1.32 bits per heavy atom. The number of nitrogens with zero attached hydrogens (tertiary/aromatic N) is 1. The normalized spacial score (nSPS) is 27.2. The molecule has 0 amide bonds. The Kier molecular flexibility index (Phi) is 4.53. The van der Waals surface area contributed by atoms with Gasteiger partial charge in [0.15, 0.2) is 0 Å². The number of hydrogen-bond donors (Lipinski definition) is 1. The van der Waals surface area contributed by atoms with Gasteiger partial charge in [0.25, 0.3) is 5.69 Å². The number of benzene rings is 1. The molecular weight excluding hydrogens is 240 g/mol. The average Bonchev–Trinajstić information content (AvgIpc) is 2.40. The highest BCUT2D eigenvalue weighted by Crippen LogP contribution is 2.29. The molecule has 104 valence electrons. The molecule has 4 heteroatoms. The Balaban J connectivity index is 1.88. The van der Waals surface area contributed by atoms with Crippen molar-refractivity contribution < 1.29 is 4.92 Å². The lowest BCUT2D eigenvalue weighted by molar-refractivity contribution is -0.384. The van der Waals surface area contributed by atoms with Crippen molar-refractivity contribution in [3.05, 3.63) is 39.9 Å². The highest BCUT2D eigenvalue weighted by atomic mass is 16.6. The van der Waals surface area contributed by atoms with Crippen LogP contribution in [0, 0.1) is 22.0 Å². The van der Waals surface area contributed by atoms with Crippen molar-refractivity contribution in [3.8, 4) is 0 Å². The Morgan fingerprint density at radius 2 is 2.11 bits per heavy atom. The van der Waals surface area contributed by atoms with Crippen LogP contribution in [0.5, 0.6) is 0 Å². The van der Waals surface area contributed by atoms with Crippen LogP contribution in [0.1, 0.15) is 38.7 Å². The summed E-state index contributed by atoms with van der Waals surface area (Å²) in [5, 5.41) is 14.3. The van der Waals surface area contributed by atoms with Gasteiger partial charge in [0.1, 0.15) is 0 Å². The highest BCUT2D eigenvalue weighted by Gasteiger charge is 2.23. The minimum atomic E-state index is -0.339. The number of rotatable bonds is 4. The van der Waals surface area contributed by atoms with Gasteiger partial charge in [-0.2, -0.15) is 0 Å². The van der Waals surface area contributed by atoms with Crippen molar-refractivity contribution in [2.75, 3.05) is 0 Å². The minimum absolute atomic E-state index is 0.171. The molecule has 3 atom stereocenters. The Labute approximate surface area is 114 Å². The standard InChI is InChI=1S/C15H22N2O2/c1-11-6-7-14(8-12(11)2)16-10-13-4-3-5-15(9-13)17(18)19/h3-5,9,11-12,14,16H,6-8,10H2,1-2H3. The van der Waals surface area contributed by atoms with Crippen LogP contribution in [-0.2, 0) is 6.54 Å². The summed E-state index contributed by atoms with van der Waals surface area (Å²) in [5.74, 6) is 1.58. The van der Waals surface area contributed by atoms with E-state index in [2.05, 4.69) is 19.2 Å². The van der Waals surface area contributed by atoms with Gasteiger partial charge in [-0.15, -0.1) is 0 Å². The lowest BCUT2D eigenvalue weighted by Gasteiger charge is -2.32. The molecule has 1 aromatic rings. The second kappa shape index (κ2) is 6.15. The summed E-state index contributed by atoms with van der Waals surface area (Å²) in [6.45, 7) is 5.35. The molecule has 0 saturated heterocycles. The van der Waals surface area contributed by atoms with E-state index in [-0.39, 0.29) is 10.6 Å². The zero-order valence-electron chi connectivity index (χ0n) is 11.6. The van der Waals surface area contributed by atoms with Crippen LogP contribution < -0.4 is 5.32 Å².